The van der Waals surface area contributed by atoms with E-state index in [9.17, 15) is 15.3 Å². The van der Waals surface area contributed by atoms with Gasteiger partial charge in [0.15, 0.2) is 0 Å². The molecule has 0 bridgehead atoms. The lowest BCUT2D eigenvalue weighted by Crippen LogP contribution is -2.10. The Hall–Kier alpha value is -2.67. The molecule has 0 saturated heterocycles. The zero-order chi connectivity index (χ0) is 21.4. The van der Waals surface area contributed by atoms with Crippen LogP contribution in [0.25, 0.3) is 0 Å². The van der Waals surface area contributed by atoms with Crippen LogP contribution in [0, 0.1) is 0 Å². The van der Waals surface area contributed by atoms with Crippen molar-refractivity contribution in [1.29, 1.82) is 0 Å². The van der Waals surface area contributed by atoms with E-state index in [1.54, 1.807) is 0 Å². The highest BCUT2D eigenvalue weighted by Crippen LogP contribution is 2.37. The minimum absolute atomic E-state index is 0.0485. The number of hydrogen-bond acceptors (Lipinski definition) is 11. The van der Waals surface area contributed by atoms with E-state index >= 15 is 0 Å². The van der Waals surface area contributed by atoms with Crippen LogP contribution in [0.5, 0.6) is 23.0 Å². The summed E-state index contributed by atoms with van der Waals surface area (Å²) in [5.74, 6) is -0.646. The minimum Gasteiger partial charge on any atom is -0.507 e. The van der Waals surface area contributed by atoms with Crippen molar-refractivity contribution in [3.8, 4) is 23.0 Å². The maximum Gasteiger partial charge on any atom is 0.146 e. The monoisotopic (exact) mass is 397 g/mol. The number of aromatic hydroxyl groups is 4. The highest BCUT2D eigenvalue weighted by Gasteiger charge is 2.20. The van der Waals surface area contributed by atoms with Crippen LogP contribution in [0.2, 0.25) is 0 Å². The van der Waals surface area contributed by atoms with Gasteiger partial charge >= 0.3 is 0 Å². The molecule has 0 unspecified atom stereocenters. The predicted octanol–water partition coefficient (Wildman–Crippen LogP) is -1.59. The van der Waals surface area contributed by atoms with Crippen molar-refractivity contribution in [2.75, 3.05) is 0 Å². The van der Waals surface area contributed by atoms with Gasteiger partial charge in [-0.25, -0.2) is 0 Å². The van der Waals surface area contributed by atoms with Crippen LogP contribution in [-0.2, 0) is 39.4 Å². The average Bonchev–Trinajstić information content (AvgIpc) is 2.69. The molecular weight excluding hydrogens is 370 g/mol. The Labute approximate surface area is 161 Å². The first-order valence-electron chi connectivity index (χ1n) is 8.30. The van der Waals surface area contributed by atoms with Crippen LogP contribution >= 0.6 is 0 Å². The van der Waals surface area contributed by atoms with Gasteiger partial charge in [-0.3, -0.25) is 4.98 Å². The summed E-state index contributed by atoms with van der Waals surface area (Å²) in [5.41, 5.74) is 22.8. The molecule has 0 fully saturated rings. The van der Waals surface area contributed by atoms with Crippen molar-refractivity contribution < 1.29 is 30.6 Å². The lowest BCUT2D eigenvalue weighted by molar-refractivity contribution is 0.263. The van der Waals surface area contributed by atoms with Gasteiger partial charge in [0.05, 0.1) is 30.7 Å². The van der Waals surface area contributed by atoms with E-state index < -0.39 is 13.2 Å². The lowest BCUT2D eigenvalue weighted by Gasteiger charge is -2.17. The van der Waals surface area contributed by atoms with Gasteiger partial charge in [0.1, 0.15) is 23.0 Å². The van der Waals surface area contributed by atoms with Crippen LogP contribution in [0.3, 0.4) is 0 Å². The Morgan fingerprint density at radius 2 is 1.04 bits per heavy atom. The number of aliphatic hydroxyl groups excluding tert-OH is 2. The SMILES string of the molecule is NCc1c(O)c(CO)c(CN)c(O)c1CO.NCc1ncc(O)c(CN)c1O. The molecule has 0 spiro atoms. The third-order valence-corrected chi connectivity index (χ3v) is 4.20. The summed E-state index contributed by atoms with van der Waals surface area (Å²) in [7, 11) is 0. The zero-order valence-corrected chi connectivity index (χ0v) is 15.3. The first kappa shape index (κ1) is 23.4. The van der Waals surface area contributed by atoms with Crippen molar-refractivity contribution in [3.05, 3.63) is 39.7 Å². The molecule has 11 nitrogen and oxygen atoms in total. The normalized spacial score (nSPS) is 10.5. The maximum absolute atomic E-state index is 9.82. The van der Waals surface area contributed by atoms with Crippen molar-refractivity contribution >= 4 is 0 Å². The second-order valence-corrected chi connectivity index (χ2v) is 5.66. The number of phenols is 2. The summed E-state index contributed by atoms with van der Waals surface area (Å²) in [4.78, 5) is 3.72. The fourth-order valence-electron chi connectivity index (χ4n) is 2.64. The van der Waals surface area contributed by atoms with Crippen molar-refractivity contribution in [1.82, 2.24) is 4.98 Å². The zero-order valence-electron chi connectivity index (χ0n) is 15.3. The molecule has 0 saturated carbocycles. The molecule has 1 heterocycles. The molecule has 14 N–H and O–H groups in total. The number of benzene rings is 1. The van der Waals surface area contributed by atoms with Crippen molar-refractivity contribution in [2.45, 2.75) is 39.4 Å². The molecule has 1 aromatic heterocycles. The number of pyridine rings is 1. The Bertz CT molecular complexity index is 745. The second kappa shape index (κ2) is 10.6. The van der Waals surface area contributed by atoms with E-state index in [4.69, 9.17) is 38.3 Å². The van der Waals surface area contributed by atoms with E-state index in [2.05, 4.69) is 4.98 Å². The Morgan fingerprint density at radius 3 is 1.36 bits per heavy atom. The Morgan fingerprint density at radius 1 is 0.607 bits per heavy atom. The van der Waals surface area contributed by atoms with Gasteiger partial charge in [-0.1, -0.05) is 0 Å². The van der Waals surface area contributed by atoms with Crippen molar-refractivity contribution in [3.63, 3.8) is 0 Å². The quantitative estimate of drug-likeness (QED) is 0.249. The third kappa shape index (κ3) is 4.59. The number of nitrogens with zero attached hydrogens (tertiary/aromatic N) is 1. The van der Waals surface area contributed by atoms with Gasteiger partial charge in [0.2, 0.25) is 0 Å². The lowest BCUT2D eigenvalue weighted by atomic mass is 9.95. The van der Waals surface area contributed by atoms with Crippen LogP contribution in [0.4, 0.5) is 0 Å². The highest BCUT2D eigenvalue weighted by molar-refractivity contribution is 5.57. The highest BCUT2D eigenvalue weighted by atomic mass is 16.3. The van der Waals surface area contributed by atoms with Crippen LogP contribution in [0.1, 0.15) is 33.5 Å². The smallest absolute Gasteiger partial charge is 0.146 e. The first-order valence-corrected chi connectivity index (χ1v) is 8.30. The maximum atomic E-state index is 9.82. The minimum atomic E-state index is -0.454. The number of nitrogens with two attached hydrogens (primary N) is 4. The molecule has 1 aromatic carbocycles. The summed E-state index contributed by atoms with van der Waals surface area (Å²) in [6.45, 7) is -0.818. The summed E-state index contributed by atoms with van der Waals surface area (Å²) in [6, 6.07) is 0. The van der Waals surface area contributed by atoms with Gasteiger partial charge in [0.25, 0.3) is 0 Å². The molecule has 0 aliphatic carbocycles. The Kier molecular flexibility index (Phi) is 8.85. The van der Waals surface area contributed by atoms with E-state index in [1.165, 1.54) is 6.20 Å². The summed E-state index contributed by atoms with van der Waals surface area (Å²) in [6.07, 6.45) is 1.23. The standard InChI is InChI=1S/C10H16N2O4.C7H11N3O2/c11-1-5-7(3-13)10(16)6(2-12)8(4-14)9(5)15;8-1-4-6(11)3-10-5(2-9)7(4)12/h13-16H,1-4,11-12H2;3,11-12H,1-2,8-9H2. The molecule has 28 heavy (non-hydrogen) atoms. The van der Waals surface area contributed by atoms with E-state index in [-0.39, 0.29) is 77.0 Å². The topological polar surface area (TPSA) is 238 Å². The molecule has 2 aromatic rings. The summed E-state index contributed by atoms with van der Waals surface area (Å²) < 4.78 is 0. The molecule has 0 atom stereocenters. The average molecular weight is 397 g/mol. The van der Waals surface area contributed by atoms with Gasteiger partial charge in [0, 0.05) is 48.4 Å². The van der Waals surface area contributed by atoms with E-state index in [1.807, 2.05) is 0 Å². The number of aromatic nitrogens is 1. The van der Waals surface area contributed by atoms with Crippen LogP contribution in [0.15, 0.2) is 6.20 Å². The molecule has 0 aliphatic heterocycles. The second-order valence-electron chi connectivity index (χ2n) is 5.66. The van der Waals surface area contributed by atoms with Gasteiger partial charge < -0.3 is 53.6 Å². The van der Waals surface area contributed by atoms with Crippen LogP contribution < -0.4 is 22.9 Å². The molecule has 2 rings (SSSR count). The summed E-state index contributed by atoms with van der Waals surface area (Å²) in [5, 5.41) is 56.4. The van der Waals surface area contributed by atoms with Crippen LogP contribution in [-0.4, -0.2) is 35.6 Å². The first-order chi connectivity index (χ1) is 13.3. The van der Waals surface area contributed by atoms with Crippen molar-refractivity contribution in [2.24, 2.45) is 22.9 Å². The fraction of sp³-hybridized carbons (Fsp3) is 0.353. The molecule has 0 aliphatic rings. The third-order valence-electron chi connectivity index (χ3n) is 4.20. The molecule has 0 amide bonds. The number of hydrogen-bond donors (Lipinski definition) is 10. The molecular formula is C17H27N5O6. The predicted molar refractivity (Wildman–Crippen MR) is 101 cm³/mol. The van der Waals surface area contributed by atoms with Gasteiger partial charge in [-0.15, -0.1) is 0 Å². The summed E-state index contributed by atoms with van der Waals surface area (Å²) >= 11 is 0. The largest absolute Gasteiger partial charge is 0.507 e. The Balaban J connectivity index is 0.000000292. The van der Waals surface area contributed by atoms with E-state index in [0.29, 0.717) is 5.69 Å². The van der Waals surface area contributed by atoms with E-state index in [0.717, 1.165) is 0 Å². The number of rotatable bonds is 6. The van der Waals surface area contributed by atoms with Gasteiger partial charge in [-0.2, -0.15) is 0 Å². The number of aliphatic hydroxyl groups is 2. The molecule has 0 radical (unpaired) electrons. The van der Waals surface area contributed by atoms with Gasteiger partial charge in [-0.05, 0) is 0 Å². The fourth-order valence-corrected chi connectivity index (χ4v) is 2.64. The molecule has 11 heteroatoms. The molecule has 156 valence electrons.